The molecular formula is C11H9NO4S. The predicted octanol–water partition coefficient (Wildman–Crippen LogP) is 1.36. The van der Waals surface area contributed by atoms with Crippen molar-refractivity contribution in [1.29, 1.82) is 0 Å². The Kier molecular flexibility index (Phi) is 2.97. The molecular weight excluding hydrogens is 242 g/mol. The molecule has 0 aliphatic carbocycles. The molecule has 0 spiro atoms. The zero-order chi connectivity index (χ0) is 12.4. The Morgan fingerprint density at radius 2 is 1.94 bits per heavy atom. The third-order valence-electron chi connectivity index (χ3n) is 2.30. The van der Waals surface area contributed by atoms with Crippen LogP contribution in [0.5, 0.6) is 5.88 Å². The summed E-state index contributed by atoms with van der Waals surface area (Å²) in [5.74, 6) is -1.07. The number of aromatic carboxylic acids is 1. The third kappa shape index (κ3) is 2.36. The van der Waals surface area contributed by atoms with E-state index >= 15 is 0 Å². The zero-order valence-corrected chi connectivity index (χ0v) is 9.48. The topological polar surface area (TPSA) is 79.5 Å². The van der Waals surface area contributed by atoms with Gasteiger partial charge in [-0.2, -0.15) is 0 Å². The minimum atomic E-state index is -0.993. The lowest BCUT2D eigenvalue weighted by Gasteiger charge is -2.03. The molecule has 0 atom stereocenters. The van der Waals surface area contributed by atoms with Crippen molar-refractivity contribution in [2.24, 2.45) is 0 Å². The second kappa shape index (κ2) is 4.42. The molecule has 88 valence electrons. The molecule has 2 aromatic rings. The van der Waals surface area contributed by atoms with Crippen LogP contribution in [0.3, 0.4) is 0 Å². The molecule has 1 heterocycles. The molecule has 0 saturated heterocycles. The zero-order valence-electron chi connectivity index (χ0n) is 8.66. The van der Waals surface area contributed by atoms with Crippen LogP contribution in [0.15, 0.2) is 34.4 Å². The minimum Gasteiger partial charge on any atom is -0.494 e. The van der Waals surface area contributed by atoms with E-state index in [0.29, 0.717) is 0 Å². The van der Waals surface area contributed by atoms with E-state index in [1.54, 1.807) is 12.1 Å². The number of nitrogens with zero attached hydrogens (tertiary/aromatic N) is 1. The van der Waals surface area contributed by atoms with E-state index in [1.807, 2.05) is 0 Å². The van der Waals surface area contributed by atoms with Gasteiger partial charge in [0.05, 0.1) is 17.5 Å². The van der Waals surface area contributed by atoms with Gasteiger partial charge in [0.1, 0.15) is 0 Å². The average Bonchev–Trinajstić information content (AvgIpc) is 2.61. The Hall–Kier alpha value is -2.08. The lowest BCUT2D eigenvalue weighted by atomic mass is 10.1. The van der Waals surface area contributed by atoms with Crippen LogP contribution < -0.4 is 4.87 Å². The molecule has 0 unspecified atom stereocenters. The van der Waals surface area contributed by atoms with E-state index in [1.165, 1.54) is 22.1 Å². The number of rotatable bonds is 3. The number of hydrogen-bond acceptors (Lipinski definition) is 4. The fourth-order valence-corrected chi connectivity index (χ4v) is 2.02. The molecule has 1 aromatic carbocycles. The van der Waals surface area contributed by atoms with Gasteiger partial charge in [-0.15, -0.1) is 0 Å². The van der Waals surface area contributed by atoms with E-state index in [-0.39, 0.29) is 22.9 Å². The Morgan fingerprint density at radius 3 is 2.41 bits per heavy atom. The van der Waals surface area contributed by atoms with Crippen molar-refractivity contribution >= 4 is 17.3 Å². The molecule has 0 bridgehead atoms. The first-order valence-corrected chi connectivity index (χ1v) is 5.65. The van der Waals surface area contributed by atoms with Crippen LogP contribution in [0.4, 0.5) is 0 Å². The van der Waals surface area contributed by atoms with E-state index in [2.05, 4.69) is 0 Å². The normalized spacial score (nSPS) is 10.4. The molecule has 0 saturated carbocycles. The summed E-state index contributed by atoms with van der Waals surface area (Å²) in [5.41, 5.74) is 0.946. The summed E-state index contributed by atoms with van der Waals surface area (Å²) in [7, 11) is 0. The number of aromatic hydroxyl groups is 1. The van der Waals surface area contributed by atoms with Crippen LogP contribution in [0.2, 0.25) is 0 Å². The largest absolute Gasteiger partial charge is 0.494 e. The van der Waals surface area contributed by atoms with Crippen molar-refractivity contribution in [3.63, 3.8) is 0 Å². The number of carbonyl (C=O) groups is 1. The number of thiazole rings is 1. The van der Waals surface area contributed by atoms with Gasteiger partial charge >= 0.3 is 10.8 Å². The minimum absolute atomic E-state index is 0.0812. The Labute approximate surface area is 100 Å². The van der Waals surface area contributed by atoms with Crippen molar-refractivity contribution < 1.29 is 15.0 Å². The molecule has 0 aliphatic heterocycles. The first kappa shape index (κ1) is 11.4. The van der Waals surface area contributed by atoms with Gasteiger partial charge in [-0.3, -0.25) is 9.36 Å². The first-order chi connectivity index (χ1) is 8.08. The second-order valence-electron chi connectivity index (χ2n) is 3.45. The van der Waals surface area contributed by atoms with Crippen molar-refractivity contribution in [1.82, 2.24) is 4.57 Å². The van der Waals surface area contributed by atoms with Crippen molar-refractivity contribution in [3.05, 3.63) is 50.4 Å². The lowest BCUT2D eigenvalue weighted by molar-refractivity contribution is 0.0697. The van der Waals surface area contributed by atoms with Crippen LogP contribution >= 0.6 is 11.3 Å². The second-order valence-corrected chi connectivity index (χ2v) is 4.27. The molecule has 1 aromatic heterocycles. The highest BCUT2D eigenvalue weighted by molar-refractivity contribution is 7.07. The standard InChI is InChI=1S/C11H9NO4S/c13-9-6-17-11(16)12(9)5-7-1-3-8(4-2-7)10(14)15/h1-4,6,13H,5H2,(H,14,15). The maximum atomic E-state index is 11.3. The lowest BCUT2D eigenvalue weighted by Crippen LogP contribution is -2.13. The van der Waals surface area contributed by atoms with E-state index in [0.717, 1.165) is 16.9 Å². The highest BCUT2D eigenvalue weighted by atomic mass is 32.1. The van der Waals surface area contributed by atoms with E-state index in [4.69, 9.17) is 5.11 Å². The van der Waals surface area contributed by atoms with Gasteiger partial charge in [0.15, 0.2) is 0 Å². The molecule has 0 aliphatic rings. The van der Waals surface area contributed by atoms with Gasteiger partial charge in [-0.05, 0) is 17.7 Å². The summed E-state index contributed by atoms with van der Waals surface area (Å²) < 4.78 is 1.22. The van der Waals surface area contributed by atoms with Gasteiger partial charge in [0.2, 0.25) is 5.88 Å². The molecule has 0 amide bonds. The number of carboxylic acid groups (broad SMARTS) is 1. The molecule has 2 N–H and O–H groups in total. The fraction of sp³-hybridized carbons (Fsp3) is 0.0909. The molecule has 17 heavy (non-hydrogen) atoms. The van der Waals surface area contributed by atoms with Crippen LogP contribution in [0, 0.1) is 0 Å². The Bertz CT molecular complexity index is 597. The number of benzene rings is 1. The number of hydrogen-bond donors (Lipinski definition) is 2. The highest BCUT2D eigenvalue weighted by Gasteiger charge is 2.06. The fourth-order valence-electron chi connectivity index (χ4n) is 1.40. The molecule has 2 rings (SSSR count). The monoisotopic (exact) mass is 251 g/mol. The predicted molar refractivity (Wildman–Crippen MR) is 62.7 cm³/mol. The maximum absolute atomic E-state index is 11.3. The van der Waals surface area contributed by atoms with Gasteiger partial charge in [-0.1, -0.05) is 23.5 Å². The summed E-state index contributed by atoms with van der Waals surface area (Å²) in [4.78, 5) is 21.7. The Balaban J connectivity index is 2.25. The summed E-state index contributed by atoms with van der Waals surface area (Å²) in [5, 5.41) is 19.5. The van der Waals surface area contributed by atoms with Gasteiger partial charge < -0.3 is 10.2 Å². The van der Waals surface area contributed by atoms with Crippen LogP contribution in [0.25, 0.3) is 0 Å². The highest BCUT2D eigenvalue weighted by Crippen LogP contribution is 2.12. The van der Waals surface area contributed by atoms with Gasteiger partial charge in [-0.25, -0.2) is 4.79 Å². The molecule has 6 heteroatoms. The van der Waals surface area contributed by atoms with Gasteiger partial charge in [0, 0.05) is 0 Å². The smallest absolute Gasteiger partial charge is 0.335 e. The van der Waals surface area contributed by atoms with Crippen molar-refractivity contribution in [3.8, 4) is 5.88 Å². The van der Waals surface area contributed by atoms with E-state index in [9.17, 15) is 14.7 Å². The summed E-state index contributed by atoms with van der Waals surface area (Å²) in [6.45, 7) is 0.230. The first-order valence-electron chi connectivity index (χ1n) is 4.77. The molecule has 0 radical (unpaired) electrons. The maximum Gasteiger partial charge on any atom is 0.335 e. The summed E-state index contributed by atoms with van der Waals surface area (Å²) >= 11 is 0.922. The number of carboxylic acids is 1. The quantitative estimate of drug-likeness (QED) is 0.863. The molecule has 5 nitrogen and oxygen atoms in total. The molecule has 0 fully saturated rings. The third-order valence-corrected chi connectivity index (χ3v) is 3.05. The number of aromatic nitrogens is 1. The van der Waals surface area contributed by atoms with Crippen molar-refractivity contribution in [2.45, 2.75) is 6.54 Å². The van der Waals surface area contributed by atoms with Crippen LogP contribution in [-0.4, -0.2) is 20.7 Å². The van der Waals surface area contributed by atoms with Crippen molar-refractivity contribution in [2.75, 3.05) is 0 Å². The van der Waals surface area contributed by atoms with E-state index < -0.39 is 5.97 Å². The SMILES string of the molecule is O=C(O)c1ccc(Cn2c(O)csc2=O)cc1. The van der Waals surface area contributed by atoms with Gasteiger partial charge in [0.25, 0.3) is 0 Å². The summed E-state index contributed by atoms with van der Waals surface area (Å²) in [6.07, 6.45) is 0. The van der Waals surface area contributed by atoms with Crippen LogP contribution in [-0.2, 0) is 6.54 Å². The Morgan fingerprint density at radius 1 is 1.29 bits per heavy atom. The summed E-state index contributed by atoms with van der Waals surface area (Å²) in [6, 6.07) is 6.16. The average molecular weight is 251 g/mol. The van der Waals surface area contributed by atoms with Crippen LogP contribution in [0.1, 0.15) is 15.9 Å².